The van der Waals surface area contributed by atoms with Gasteiger partial charge in [-0.05, 0) is 12.1 Å². The zero-order chi connectivity index (χ0) is 17.2. The highest BCUT2D eigenvalue weighted by Crippen LogP contribution is 2.55. The third kappa shape index (κ3) is 2.28. The topological polar surface area (TPSA) is 99.3 Å². The van der Waals surface area contributed by atoms with Crippen molar-refractivity contribution in [1.29, 1.82) is 0 Å². The summed E-state index contributed by atoms with van der Waals surface area (Å²) in [6.07, 6.45) is 0. The van der Waals surface area contributed by atoms with Crippen molar-refractivity contribution in [2.24, 2.45) is 5.92 Å². The summed E-state index contributed by atoms with van der Waals surface area (Å²) in [7, 11) is 0. The molecule has 6 nitrogen and oxygen atoms in total. The number of thioether (sulfide) groups is 1. The molecule has 0 radical (unpaired) electrons. The summed E-state index contributed by atoms with van der Waals surface area (Å²) >= 11 is 14.0. The number of halogens is 2. The zero-order valence-electron chi connectivity index (χ0n) is 11.5. The Morgan fingerprint density at radius 1 is 1.29 bits per heavy atom. The van der Waals surface area contributed by atoms with Gasteiger partial charge in [-0.3, -0.25) is 9.59 Å². The molecule has 0 saturated carbocycles. The van der Waals surface area contributed by atoms with Crippen LogP contribution in [0.5, 0.6) is 5.75 Å². The highest BCUT2D eigenvalue weighted by molar-refractivity contribution is 8.00. The molecule has 2 aliphatic rings. The van der Waals surface area contributed by atoms with Crippen LogP contribution in [-0.4, -0.2) is 22.2 Å². The number of nitrogens with one attached hydrogen (secondary N) is 1. The first-order chi connectivity index (χ1) is 11.4. The van der Waals surface area contributed by atoms with Crippen molar-refractivity contribution in [3.05, 3.63) is 42.3 Å². The molecule has 3 heterocycles. The van der Waals surface area contributed by atoms with E-state index in [1.54, 1.807) is 6.07 Å². The lowest BCUT2D eigenvalue weighted by atomic mass is 9.80. The highest BCUT2D eigenvalue weighted by atomic mass is 35.5. The molecule has 0 bridgehead atoms. The van der Waals surface area contributed by atoms with Gasteiger partial charge in [0.05, 0.1) is 27.2 Å². The molecule has 0 amide bonds. The number of fused-ring (bicyclic) bond motifs is 5. The Bertz CT molecular complexity index is 953. The Hall–Kier alpha value is -1.48. The van der Waals surface area contributed by atoms with Gasteiger partial charge in [0.25, 0.3) is 0 Å². The van der Waals surface area contributed by atoms with E-state index in [0.29, 0.717) is 20.5 Å². The second-order valence-electron chi connectivity index (χ2n) is 5.30. The number of hydrogen-bond acceptors (Lipinski definition) is 7. The van der Waals surface area contributed by atoms with Gasteiger partial charge in [0.2, 0.25) is 0 Å². The van der Waals surface area contributed by atoms with Crippen LogP contribution >= 0.6 is 46.3 Å². The number of aromatic nitrogens is 1. The summed E-state index contributed by atoms with van der Waals surface area (Å²) in [4.78, 5) is 38.6. The number of carboxylic acid groups (broad SMARTS) is 1. The van der Waals surface area contributed by atoms with E-state index >= 15 is 0 Å². The third-order valence-electron chi connectivity index (χ3n) is 3.93. The molecule has 10 heteroatoms. The minimum Gasteiger partial charge on any atom is -0.549 e. The quantitative estimate of drug-likeness (QED) is 0.574. The maximum absolute atomic E-state index is 12.5. The molecule has 4 rings (SSSR count). The van der Waals surface area contributed by atoms with Crippen molar-refractivity contribution in [2.75, 3.05) is 0 Å². The molecular weight excluding hydrogens is 397 g/mol. The smallest absolute Gasteiger partial charge is 0.316 e. The summed E-state index contributed by atoms with van der Waals surface area (Å²) in [5.41, 5.74) is 0.486. The van der Waals surface area contributed by atoms with Crippen LogP contribution in [0.3, 0.4) is 0 Å². The molecule has 2 aromatic rings. The van der Waals surface area contributed by atoms with Crippen LogP contribution in [0.1, 0.15) is 16.4 Å². The lowest BCUT2D eigenvalue weighted by Gasteiger charge is -2.39. The molecule has 24 heavy (non-hydrogen) atoms. The van der Waals surface area contributed by atoms with Gasteiger partial charge in [0.1, 0.15) is 0 Å². The van der Waals surface area contributed by atoms with Gasteiger partial charge in [-0.2, -0.15) is 0 Å². The normalized spacial score (nSPS) is 24.6. The van der Waals surface area contributed by atoms with Crippen LogP contribution in [0.15, 0.2) is 22.0 Å². The Labute approximate surface area is 152 Å². The number of carbonyl (C=O) groups is 2. The number of H-pyrrole nitrogens is 1. The number of thiazole rings is 1. The molecule has 2 aliphatic heterocycles. The molecule has 0 fully saturated rings. The van der Waals surface area contributed by atoms with Crippen molar-refractivity contribution in [3.8, 4) is 5.75 Å². The number of rotatable bonds is 1. The predicted molar refractivity (Wildman–Crippen MR) is 87.0 cm³/mol. The fourth-order valence-corrected chi connectivity index (χ4v) is 5.97. The molecule has 1 aromatic heterocycles. The van der Waals surface area contributed by atoms with Crippen molar-refractivity contribution in [2.45, 2.75) is 16.2 Å². The molecule has 0 saturated heterocycles. The second kappa shape index (κ2) is 5.52. The summed E-state index contributed by atoms with van der Waals surface area (Å²) < 4.78 is 5.27. The Morgan fingerprint density at radius 3 is 2.75 bits per heavy atom. The van der Waals surface area contributed by atoms with Gasteiger partial charge in [0, 0.05) is 21.4 Å². The van der Waals surface area contributed by atoms with Crippen LogP contribution in [0.4, 0.5) is 0 Å². The van der Waals surface area contributed by atoms with Crippen LogP contribution in [0.25, 0.3) is 0 Å². The highest BCUT2D eigenvalue weighted by Gasteiger charge is 2.50. The standard InChI is InChI=1S/C14H7Cl2NO5S2/c15-3-1-4-6-7(13(20)22-8(4)5(16)2-3)10(12(18)19)23-11-9(6)24-14(21)17-11/h1-2,6-7,10H,(H,17,21)(H,18,19)/p-1/t6-,7+,10-/m0/s1. The summed E-state index contributed by atoms with van der Waals surface area (Å²) in [6, 6.07) is 3.01. The fraction of sp³-hybridized carbons (Fsp3) is 0.214. The Morgan fingerprint density at radius 2 is 2.04 bits per heavy atom. The lowest BCUT2D eigenvalue weighted by molar-refractivity contribution is -0.306. The molecule has 3 atom stereocenters. The van der Waals surface area contributed by atoms with E-state index in [0.717, 1.165) is 23.1 Å². The molecule has 1 aromatic carbocycles. The number of carboxylic acids is 1. The summed E-state index contributed by atoms with van der Waals surface area (Å²) in [5, 5.41) is 11.2. The van der Waals surface area contributed by atoms with Crippen LogP contribution in [0, 0.1) is 5.92 Å². The number of carbonyl (C=O) groups excluding carboxylic acids is 2. The van der Waals surface area contributed by atoms with E-state index in [2.05, 4.69) is 4.98 Å². The Kier molecular flexibility index (Phi) is 3.68. The van der Waals surface area contributed by atoms with Gasteiger partial charge in [-0.1, -0.05) is 46.3 Å². The number of hydrogen-bond donors (Lipinski definition) is 1. The van der Waals surface area contributed by atoms with Gasteiger partial charge in [0.15, 0.2) is 5.75 Å². The summed E-state index contributed by atoms with van der Waals surface area (Å²) in [5.74, 6) is -3.68. The number of aliphatic carboxylic acids is 1. The van der Waals surface area contributed by atoms with Crippen molar-refractivity contribution >= 4 is 58.2 Å². The minimum atomic E-state index is -1.40. The van der Waals surface area contributed by atoms with Gasteiger partial charge >= 0.3 is 10.8 Å². The van der Waals surface area contributed by atoms with E-state index < -0.39 is 29.0 Å². The van der Waals surface area contributed by atoms with Gasteiger partial charge in [-0.15, -0.1) is 0 Å². The predicted octanol–water partition coefficient (Wildman–Crippen LogP) is 1.63. The van der Waals surface area contributed by atoms with E-state index in [1.165, 1.54) is 6.07 Å². The molecule has 0 spiro atoms. The van der Waals surface area contributed by atoms with E-state index in [-0.39, 0.29) is 15.6 Å². The second-order valence-corrected chi connectivity index (χ2v) is 8.31. The van der Waals surface area contributed by atoms with Crippen LogP contribution in [-0.2, 0) is 9.59 Å². The van der Waals surface area contributed by atoms with Crippen molar-refractivity contribution in [3.63, 3.8) is 0 Å². The summed E-state index contributed by atoms with van der Waals surface area (Å²) in [6.45, 7) is 0. The number of esters is 1. The van der Waals surface area contributed by atoms with Crippen LogP contribution in [0.2, 0.25) is 10.0 Å². The fourth-order valence-electron chi connectivity index (χ4n) is 3.03. The molecule has 0 aliphatic carbocycles. The van der Waals surface area contributed by atoms with Gasteiger partial charge in [-0.25, -0.2) is 0 Å². The first kappa shape index (κ1) is 16.0. The van der Waals surface area contributed by atoms with Crippen molar-refractivity contribution < 1.29 is 19.4 Å². The maximum Gasteiger partial charge on any atom is 0.316 e. The largest absolute Gasteiger partial charge is 0.549 e. The average molecular weight is 403 g/mol. The Balaban J connectivity index is 2.02. The van der Waals surface area contributed by atoms with Gasteiger partial charge < -0.3 is 19.6 Å². The average Bonchev–Trinajstić information content (AvgIpc) is 2.87. The zero-order valence-corrected chi connectivity index (χ0v) is 14.6. The first-order valence-electron chi connectivity index (χ1n) is 6.68. The number of benzene rings is 1. The third-order valence-corrected chi connectivity index (χ3v) is 6.82. The van der Waals surface area contributed by atoms with Crippen LogP contribution < -0.4 is 14.7 Å². The number of ether oxygens (including phenoxy) is 1. The lowest BCUT2D eigenvalue weighted by Crippen LogP contribution is -2.48. The monoisotopic (exact) mass is 402 g/mol. The first-order valence-corrected chi connectivity index (χ1v) is 9.13. The molecule has 1 N–H and O–H groups in total. The van der Waals surface area contributed by atoms with E-state index in [9.17, 15) is 19.5 Å². The minimum absolute atomic E-state index is 0.142. The number of aromatic amines is 1. The van der Waals surface area contributed by atoms with E-state index in [4.69, 9.17) is 27.9 Å². The van der Waals surface area contributed by atoms with Crippen molar-refractivity contribution in [1.82, 2.24) is 4.98 Å². The maximum atomic E-state index is 12.5. The molecular formula is C14H6Cl2NO5S2-. The molecule has 124 valence electrons. The van der Waals surface area contributed by atoms with E-state index in [1.807, 2.05) is 0 Å². The SMILES string of the molecule is O=C1Oc2c(Cl)cc(Cl)cc2[C@@H]2c3sc(=O)[nH]c3S[C@H](C(=O)[O-])[C@H]12. The molecule has 0 unspecified atom stereocenters.